The zero-order chi connectivity index (χ0) is 14.8. The Balaban J connectivity index is 3.06. The van der Waals surface area contributed by atoms with Crippen molar-refractivity contribution in [2.75, 3.05) is 5.73 Å². The van der Waals surface area contributed by atoms with Gasteiger partial charge in [-0.25, -0.2) is 0 Å². The van der Waals surface area contributed by atoms with E-state index in [2.05, 4.69) is 0 Å². The van der Waals surface area contributed by atoms with Crippen molar-refractivity contribution in [2.45, 2.75) is 6.42 Å². The van der Waals surface area contributed by atoms with Gasteiger partial charge in [0.2, 0.25) is 13.4 Å². The summed E-state index contributed by atoms with van der Waals surface area (Å²) in [6.45, 7) is 0. The number of benzene rings is 1. The molecule has 0 bridgehead atoms. The first-order valence-corrected chi connectivity index (χ1v) is 8.72. The molecule has 1 aromatic carbocycles. The van der Waals surface area contributed by atoms with Crippen LogP contribution in [0, 0.1) is 0 Å². The average Bonchev–Trinajstić information content (AvgIpc) is 2.16. The number of nitrogens with one attached hydrogen (secondary N) is 1. The van der Waals surface area contributed by atoms with Gasteiger partial charge in [0.05, 0.1) is 6.42 Å². The summed E-state index contributed by atoms with van der Waals surface area (Å²) in [5.41, 5.74) is 26.9. The maximum absolute atomic E-state index is 11.7. The summed E-state index contributed by atoms with van der Waals surface area (Å²) >= 11 is 0. The molecule has 0 aliphatic carbocycles. The number of carbonyl (C=O) groups excluding carboxylic acids is 1. The van der Waals surface area contributed by atoms with Crippen LogP contribution in [-0.4, -0.2) is 5.91 Å². The van der Waals surface area contributed by atoms with E-state index >= 15 is 0 Å². The summed E-state index contributed by atoms with van der Waals surface area (Å²) in [6.07, 6.45) is -0.271. The standard InChI is InChI=1S/C8H16N6O3P2/c9-6-2-1-5(7(4-6)18(10,11)16)3-8(15)14-19(12,13)17/h1-2,4H,3,9H2,(H4,10,11,16)(H5,12,13,14,15,17). The number of nitrogen functional groups attached to an aromatic ring is 1. The third kappa shape index (κ3) is 5.12. The van der Waals surface area contributed by atoms with Crippen LogP contribution in [0.4, 0.5) is 5.69 Å². The van der Waals surface area contributed by atoms with Gasteiger partial charge in [0.25, 0.3) is 7.59 Å². The smallest absolute Gasteiger partial charge is 0.300 e. The lowest BCUT2D eigenvalue weighted by atomic mass is 10.1. The topological polar surface area (TPSA) is 193 Å². The van der Waals surface area contributed by atoms with E-state index in [1.165, 1.54) is 18.2 Å². The van der Waals surface area contributed by atoms with Crippen molar-refractivity contribution in [1.82, 2.24) is 5.09 Å². The van der Waals surface area contributed by atoms with Gasteiger partial charge < -0.3 is 5.73 Å². The van der Waals surface area contributed by atoms with E-state index in [0.29, 0.717) is 11.3 Å². The second kappa shape index (κ2) is 5.42. The molecule has 0 unspecified atom stereocenters. The van der Waals surface area contributed by atoms with Gasteiger partial charge in [0.1, 0.15) is 0 Å². The Kier molecular flexibility index (Phi) is 4.52. The molecule has 0 spiro atoms. The zero-order valence-electron chi connectivity index (χ0n) is 9.95. The monoisotopic (exact) mass is 306 g/mol. The maximum Gasteiger partial charge on any atom is 0.300 e. The molecule has 0 saturated carbocycles. The fourth-order valence-corrected chi connectivity index (χ4v) is 2.89. The lowest BCUT2D eigenvalue weighted by Gasteiger charge is -2.14. The largest absolute Gasteiger partial charge is 0.399 e. The average molecular weight is 306 g/mol. The van der Waals surface area contributed by atoms with E-state index in [1.807, 2.05) is 5.09 Å². The van der Waals surface area contributed by atoms with Crippen LogP contribution < -0.4 is 38.1 Å². The minimum absolute atomic E-state index is 0.0755. The molecule has 0 heterocycles. The molecule has 0 aromatic heterocycles. The van der Waals surface area contributed by atoms with E-state index in [9.17, 15) is 13.9 Å². The Morgan fingerprint density at radius 1 is 1.16 bits per heavy atom. The minimum Gasteiger partial charge on any atom is -0.399 e. The van der Waals surface area contributed by atoms with E-state index < -0.39 is 20.9 Å². The predicted octanol–water partition coefficient (Wildman–Crippen LogP) is -1.31. The molecule has 9 nitrogen and oxygen atoms in total. The van der Waals surface area contributed by atoms with Crippen molar-refractivity contribution < 1.29 is 13.9 Å². The van der Waals surface area contributed by atoms with Crippen LogP contribution in [0.3, 0.4) is 0 Å². The molecule has 1 aromatic rings. The SMILES string of the molecule is Nc1ccc(CC(=O)NP(N)(N)=O)c(P(N)(N)=O)c1. The molecule has 0 aliphatic rings. The van der Waals surface area contributed by atoms with Crippen LogP contribution in [0.5, 0.6) is 0 Å². The predicted molar refractivity (Wildman–Crippen MR) is 74.3 cm³/mol. The van der Waals surface area contributed by atoms with E-state index in [1.54, 1.807) is 0 Å². The van der Waals surface area contributed by atoms with E-state index in [4.69, 9.17) is 27.8 Å². The van der Waals surface area contributed by atoms with Crippen molar-refractivity contribution >= 4 is 31.9 Å². The van der Waals surface area contributed by atoms with Crippen LogP contribution in [0.2, 0.25) is 0 Å². The third-order valence-corrected chi connectivity index (χ3v) is 3.90. The Morgan fingerprint density at radius 2 is 1.74 bits per heavy atom. The first kappa shape index (κ1) is 15.8. The number of hydrogen-bond acceptors (Lipinski definition) is 4. The second-order valence-corrected chi connectivity index (χ2v) is 7.56. The molecule has 1 amide bonds. The van der Waals surface area contributed by atoms with Gasteiger partial charge in [0.15, 0.2) is 0 Å². The molecular formula is C8H16N6O3P2. The van der Waals surface area contributed by atoms with Crippen LogP contribution in [-0.2, 0) is 20.3 Å². The van der Waals surface area contributed by atoms with Crippen LogP contribution in [0.25, 0.3) is 0 Å². The molecular weight excluding hydrogens is 290 g/mol. The highest BCUT2D eigenvalue weighted by Crippen LogP contribution is 2.28. The normalized spacial score (nSPS) is 12.2. The Labute approximate surface area is 109 Å². The van der Waals surface area contributed by atoms with Crippen molar-refractivity contribution in [2.24, 2.45) is 22.0 Å². The number of nitrogens with two attached hydrogens (primary N) is 5. The van der Waals surface area contributed by atoms with Gasteiger partial charge >= 0.3 is 0 Å². The minimum atomic E-state index is -3.68. The van der Waals surface area contributed by atoms with Crippen LogP contribution >= 0.6 is 15.0 Å². The van der Waals surface area contributed by atoms with E-state index in [0.717, 1.165) is 0 Å². The highest BCUT2D eigenvalue weighted by atomic mass is 31.2. The summed E-state index contributed by atoms with van der Waals surface area (Å²) in [6, 6.07) is 4.27. The summed E-state index contributed by atoms with van der Waals surface area (Å²) < 4.78 is 22.8. The first-order valence-electron chi connectivity index (χ1n) is 5.03. The summed E-state index contributed by atoms with van der Waals surface area (Å²) in [4.78, 5) is 11.5. The van der Waals surface area contributed by atoms with Crippen molar-refractivity contribution in [1.29, 1.82) is 0 Å². The number of anilines is 1. The van der Waals surface area contributed by atoms with Gasteiger partial charge in [-0.3, -0.25) is 41.0 Å². The number of amides is 1. The molecule has 11 heteroatoms. The highest BCUT2D eigenvalue weighted by Gasteiger charge is 2.21. The Bertz CT molecular complexity index is 592. The maximum atomic E-state index is 11.7. The van der Waals surface area contributed by atoms with Gasteiger partial charge in [-0.2, -0.15) is 0 Å². The number of carbonyl (C=O) groups is 1. The molecule has 0 aliphatic heterocycles. The highest BCUT2D eigenvalue weighted by molar-refractivity contribution is 7.67. The first-order chi connectivity index (χ1) is 8.49. The van der Waals surface area contributed by atoms with Crippen LogP contribution in [0.1, 0.15) is 5.56 Å². The van der Waals surface area contributed by atoms with Crippen molar-refractivity contribution in [3.05, 3.63) is 23.8 Å². The molecule has 0 fully saturated rings. The molecule has 11 N–H and O–H groups in total. The van der Waals surface area contributed by atoms with Gasteiger partial charge in [-0.1, -0.05) is 6.07 Å². The molecule has 0 saturated heterocycles. The lowest BCUT2D eigenvalue weighted by Crippen LogP contribution is -2.32. The third-order valence-electron chi connectivity index (χ3n) is 2.14. The Hall–Kier alpha value is -1.21. The van der Waals surface area contributed by atoms with Crippen LogP contribution in [0.15, 0.2) is 18.2 Å². The Morgan fingerprint density at radius 3 is 2.21 bits per heavy atom. The number of hydrogen-bond donors (Lipinski definition) is 6. The molecule has 0 radical (unpaired) electrons. The molecule has 19 heavy (non-hydrogen) atoms. The number of rotatable bonds is 4. The summed E-state index contributed by atoms with van der Waals surface area (Å²) in [5.74, 6) is -0.701. The molecule has 106 valence electrons. The second-order valence-electron chi connectivity index (χ2n) is 4.02. The van der Waals surface area contributed by atoms with Gasteiger partial charge in [-0.15, -0.1) is 0 Å². The fourth-order valence-electron chi connectivity index (χ4n) is 1.46. The zero-order valence-corrected chi connectivity index (χ0v) is 11.7. The molecule has 0 atom stereocenters. The quantitative estimate of drug-likeness (QED) is 0.291. The van der Waals surface area contributed by atoms with E-state index in [-0.39, 0.29) is 11.7 Å². The fraction of sp³-hybridized carbons (Fsp3) is 0.125. The van der Waals surface area contributed by atoms with Gasteiger partial charge in [0, 0.05) is 11.0 Å². The molecule has 1 rings (SSSR count). The van der Waals surface area contributed by atoms with Crippen molar-refractivity contribution in [3.8, 4) is 0 Å². The lowest BCUT2D eigenvalue weighted by molar-refractivity contribution is -0.118. The van der Waals surface area contributed by atoms with Gasteiger partial charge in [-0.05, 0) is 17.7 Å². The summed E-state index contributed by atoms with van der Waals surface area (Å²) in [7, 11) is -7.26. The summed E-state index contributed by atoms with van der Waals surface area (Å²) in [5, 5.41) is 2.01. The van der Waals surface area contributed by atoms with Crippen molar-refractivity contribution in [3.63, 3.8) is 0 Å².